The van der Waals surface area contributed by atoms with Crippen LogP contribution in [0.2, 0.25) is 0 Å². The van der Waals surface area contributed by atoms with Crippen LogP contribution in [0.4, 0.5) is 5.69 Å². The van der Waals surface area contributed by atoms with Crippen molar-refractivity contribution in [2.24, 2.45) is 0 Å². The zero-order valence-corrected chi connectivity index (χ0v) is 8.04. The lowest BCUT2D eigenvalue weighted by Gasteiger charge is -1.97. The van der Waals surface area contributed by atoms with Gasteiger partial charge in [-0.3, -0.25) is 10.1 Å². The number of rotatable bonds is 2. The summed E-state index contributed by atoms with van der Waals surface area (Å²) in [6.07, 6.45) is 0.774. The van der Waals surface area contributed by atoms with Crippen LogP contribution < -0.4 is 0 Å². The van der Waals surface area contributed by atoms with Crippen molar-refractivity contribution in [3.63, 3.8) is 0 Å². The molecule has 0 N–H and O–H groups in total. The standard InChI is InChI=1S/C7H7BrN2O2/c1-2-5-3-4-6(10(11)12)7(8)9-5/h3-4H,2H2,1H3. The molecule has 4 nitrogen and oxygen atoms in total. The van der Waals surface area contributed by atoms with Crippen LogP contribution in [0.15, 0.2) is 16.7 Å². The number of nitrogens with zero attached hydrogens (tertiary/aromatic N) is 2. The van der Waals surface area contributed by atoms with Crippen molar-refractivity contribution < 1.29 is 4.92 Å². The van der Waals surface area contributed by atoms with Gasteiger partial charge in [-0.2, -0.15) is 0 Å². The molecule has 0 atom stereocenters. The SMILES string of the molecule is CCc1ccc([N+](=O)[O-])c(Br)n1. The fraction of sp³-hybridized carbons (Fsp3) is 0.286. The molecule has 0 aliphatic carbocycles. The molecule has 0 saturated heterocycles. The number of nitro groups is 1. The molecule has 0 aliphatic rings. The van der Waals surface area contributed by atoms with Crippen LogP contribution >= 0.6 is 15.9 Å². The Morgan fingerprint density at radius 2 is 2.33 bits per heavy atom. The summed E-state index contributed by atoms with van der Waals surface area (Å²) in [5.41, 5.74) is 0.847. The second kappa shape index (κ2) is 3.62. The second-order valence-corrected chi connectivity index (χ2v) is 2.97. The number of aryl methyl sites for hydroxylation is 1. The van der Waals surface area contributed by atoms with E-state index in [1.165, 1.54) is 6.07 Å². The average Bonchev–Trinajstić information content (AvgIpc) is 2.03. The predicted molar refractivity (Wildman–Crippen MR) is 48.0 cm³/mol. The van der Waals surface area contributed by atoms with Crippen LogP contribution in [0, 0.1) is 10.1 Å². The molecule has 0 radical (unpaired) electrons. The Morgan fingerprint density at radius 1 is 1.67 bits per heavy atom. The molecular formula is C7H7BrN2O2. The first-order chi connectivity index (χ1) is 5.65. The summed E-state index contributed by atoms with van der Waals surface area (Å²) in [6.45, 7) is 1.95. The highest BCUT2D eigenvalue weighted by atomic mass is 79.9. The van der Waals surface area contributed by atoms with Gasteiger partial charge in [0.2, 0.25) is 0 Å². The number of hydrogen-bond acceptors (Lipinski definition) is 3. The second-order valence-electron chi connectivity index (χ2n) is 2.22. The normalized spacial score (nSPS) is 9.83. The topological polar surface area (TPSA) is 56.0 Å². The van der Waals surface area contributed by atoms with E-state index in [9.17, 15) is 10.1 Å². The minimum absolute atomic E-state index is 0.00667. The van der Waals surface area contributed by atoms with Crippen molar-refractivity contribution in [2.45, 2.75) is 13.3 Å². The highest BCUT2D eigenvalue weighted by Crippen LogP contribution is 2.22. The van der Waals surface area contributed by atoms with Gasteiger partial charge in [-0.15, -0.1) is 0 Å². The summed E-state index contributed by atoms with van der Waals surface area (Å²) in [7, 11) is 0. The Bertz CT molecular complexity index is 314. The van der Waals surface area contributed by atoms with Crippen LogP contribution in [0.3, 0.4) is 0 Å². The first-order valence-electron chi connectivity index (χ1n) is 3.45. The molecule has 5 heteroatoms. The van der Waals surface area contributed by atoms with Crippen molar-refractivity contribution in [3.8, 4) is 0 Å². The molecule has 0 spiro atoms. The van der Waals surface area contributed by atoms with Crippen LogP contribution in [0.1, 0.15) is 12.6 Å². The van der Waals surface area contributed by atoms with Crippen LogP contribution in [-0.2, 0) is 6.42 Å². The van der Waals surface area contributed by atoms with Gasteiger partial charge in [-0.25, -0.2) is 4.98 Å². The number of hydrogen-bond donors (Lipinski definition) is 0. The summed E-state index contributed by atoms with van der Waals surface area (Å²) < 4.78 is 0.298. The first kappa shape index (κ1) is 9.12. The number of aromatic nitrogens is 1. The van der Waals surface area contributed by atoms with Crippen molar-refractivity contribution in [3.05, 3.63) is 32.5 Å². The molecule has 0 aliphatic heterocycles. The molecule has 1 rings (SSSR count). The Balaban J connectivity index is 3.12. The highest BCUT2D eigenvalue weighted by Gasteiger charge is 2.12. The molecule has 0 saturated carbocycles. The molecule has 1 aromatic rings. The summed E-state index contributed by atoms with van der Waals surface area (Å²) in [5, 5.41) is 10.4. The number of pyridine rings is 1. The third kappa shape index (κ3) is 1.79. The lowest BCUT2D eigenvalue weighted by molar-refractivity contribution is -0.386. The molecule has 1 heterocycles. The molecule has 0 aromatic carbocycles. The minimum Gasteiger partial charge on any atom is -0.258 e. The maximum absolute atomic E-state index is 10.4. The van der Waals surface area contributed by atoms with Gasteiger partial charge in [-0.1, -0.05) is 6.92 Å². The van der Waals surface area contributed by atoms with Crippen LogP contribution in [0.25, 0.3) is 0 Å². The molecule has 0 fully saturated rings. The van der Waals surface area contributed by atoms with Gasteiger partial charge >= 0.3 is 5.69 Å². The zero-order valence-electron chi connectivity index (χ0n) is 6.45. The van der Waals surface area contributed by atoms with Gasteiger partial charge in [0.05, 0.1) is 4.92 Å². The molecular weight excluding hydrogens is 224 g/mol. The van der Waals surface area contributed by atoms with Gasteiger partial charge in [-0.05, 0) is 28.4 Å². The molecule has 12 heavy (non-hydrogen) atoms. The van der Waals surface area contributed by atoms with E-state index in [1.807, 2.05) is 6.92 Å². The highest BCUT2D eigenvalue weighted by molar-refractivity contribution is 9.10. The minimum atomic E-state index is -0.462. The molecule has 0 amide bonds. The molecule has 64 valence electrons. The van der Waals surface area contributed by atoms with E-state index < -0.39 is 4.92 Å². The average molecular weight is 231 g/mol. The summed E-state index contributed by atoms with van der Waals surface area (Å²) in [5.74, 6) is 0. The van der Waals surface area contributed by atoms with E-state index >= 15 is 0 Å². The maximum atomic E-state index is 10.4. The van der Waals surface area contributed by atoms with Crippen molar-refractivity contribution >= 4 is 21.6 Å². The smallest absolute Gasteiger partial charge is 0.258 e. The third-order valence-corrected chi connectivity index (χ3v) is 2.03. The van der Waals surface area contributed by atoms with Gasteiger partial charge in [0, 0.05) is 11.8 Å². The van der Waals surface area contributed by atoms with Crippen molar-refractivity contribution in [1.29, 1.82) is 0 Å². The van der Waals surface area contributed by atoms with E-state index in [4.69, 9.17) is 0 Å². The van der Waals surface area contributed by atoms with Gasteiger partial charge in [0.25, 0.3) is 0 Å². The van der Waals surface area contributed by atoms with Gasteiger partial charge in [0.1, 0.15) is 0 Å². The van der Waals surface area contributed by atoms with Crippen molar-refractivity contribution in [1.82, 2.24) is 4.98 Å². The Kier molecular flexibility index (Phi) is 2.75. The predicted octanol–water partition coefficient (Wildman–Crippen LogP) is 2.31. The summed E-state index contributed by atoms with van der Waals surface area (Å²) >= 11 is 3.04. The first-order valence-corrected chi connectivity index (χ1v) is 4.24. The van der Waals surface area contributed by atoms with Crippen LogP contribution in [-0.4, -0.2) is 9.91 Å². The lowest BCUT2D eigenvalue weighted by Crippen LogP contribution is -1.94. The summed E-state index contributed by atoms with van der Waals surface area (Å²) in [6, 6.07) is 3.11. The van der Waals surface area contributed by atoms with Gasteiger partial charge < -0.3 is 0 Å². The van der Waals surface area contributed by atoms with E-state index in [0.29, 0.717) is 4.60 Å². The quantitative estimate of drug-likeness (QED) is 0.445. The molecule has 1 aromatic heterocycles. The van der Waals surface area contributed by atoms with E-state index in [1.54, 1.807) is 6.07 Å². The number of halogens is 1. The van der Waals surface area contributed by atoms with Gasteiger partial charge in [0.15, 0.2) is 4.60 Å². The fourth-order valence-electron chi connectivity index (χ4n) is 0.798. The summed E-state index contributed by atoms with van der Waals surface area (Å²) in [4.78, 5) is 13.9. The van der Waals surface area contributed by atoms with Crippen LogP contribution in [0.5, 0.6) is 0 Å². The Labute approximate surface area is 77.9 Å². The third-order valence-electron chi connectivity index (χ3n) is 1.45. The van der Waals surface area contributed by atoms with E-state index in [2.05, 4.69) is 20.9 Å². The molecule has 0 bridgehead atoms. The maximum Gasteiger partial charge on any atom is 0.301 e. The largest absolute Gasteiger partial charge is 0.301 e. The molecule has 0 unspecified atom stereocenters. The Morgan fingerprint density at radius 3 is 2.75 bits per heavy atom. The van der Waals surface area contributed by atoms with Crippen molar-refractivity contribution in [2.75, 3.05) is 0 Å². The fourth-order valence-corrected chi connectivity index (χ4v) is 1.30. The Hall–Kier alpha value is -0.970. The lowest BCUT2D eigenvalue weighted by atomic mass is 10.3. The monoisotopic (exact) mass is 230 g/mol. The van der Waals surface area contributed by atoms with E-state index in [0.717, 1.165) is 12.1 Å². The zero-order chi connectivity index (χ0) is 9.14. The van der Waals surface area contributed by atoms with E-state index in [-0.39, 0.29) is 5.69 Å².